The lowest BCUT2D eigenvalue weighted by molar-refractivity contribution is -0.141. The maximum atomic E-state index is 12.0. The van der Waals surface area contributed by atoms with Gasteiger partial charge in [-0.25, -0.2) is 17.8 Å². The van der Waals surface area contributed by atoms with Gasteiger partial charge >= 0.3 is 5.97 Å². The molecule has 0 unspecified atom stereocenters. The van der Waals surface area contributed by atoms with Gasteiger partial charge in [-0.15, -0.1) is 5.10 Å². The molecule has 0 bridgehead atoms. The molecule has 0 aliphatic rings. The standard InChI is InChI=1S/C14H18N4O4S/c1-22-14(19)11-18-10-12(16-17-18)6-5-9-15-23(20,21)13-7-3-2-4-8-13/h2-4,7-8,10,15H,5-6,9,11H2,1H3. The van der Waals surface area contributed by atoms with E-state index in [-0.39, 0.29) is 11.4 Å². The number of sulfonamides is 1. The topological polar surface area (TPSA) is 103 Å². The number of rotatable bonds is 8. The normalized spacial score (nSPS) is 11.3. The first-order valence-corrected chi connectivity index (χ1v) is 8.50. The van der Waals surface area contributed by atoms with Crippen molar-refractivity contribution >= 4 is 16.0 Å². The number of carbonyl (C=O) groups is 1. The van der Waals surface area contributed by atoms with Crippen LogP contribution >= 0.6 is 0 Å². The van der Waals surface area contributed by atoms with Gasteiger partial charge < -0.3 is 4.74 Å². The molecule has 0 radical (unpaired) electrons. The van der Waals surface area contributed by atoms with Gasteiger partial charge in [0.1, 0.15) is 6.54 Å². The lowest BCUT2D eigenvalue weighted by Gasteiger charge is -2.05. The van der Waals surface area contributed by atoms with E-state index in [0.29, 0.717) is 25.1 Å². The summed E-state index contributed by atoms with van der Waals surface area (Å²) in [5.41, 5.74) is 0.688. The van der Waals surface area contributed by atoms with Crippen molar-refractivity contribution in [1.82, 2.24) is 19.7 Å². The number of nitrogens with zero attached hydrogens (tertiary/aromatic N) is 3. The van der Waals surface area contributed by atoms with E-state index in [1.165, 1.54) is 11.8 Å². The Morgan fingerprint density at radius 3 is 2.74 bits per heavy atom. The summed E-state index contributed by atoms with van der Waals surface area (Å²) in [6.07, 6.45) is 2.77. The summed E-state index contributed by atoms with van der Waals surface area (Å²) in [4.78, 5) is 11.3. The second-order valence-corrected chi connectivity index (χ2v) is 6.56. The van der Waals surface area contributed by atoms with Gasteiger partial charge in [-0.1, -0.05) is 23.4 Å². The number of nitrogens with one attached hydrogen (secondary N) is 1. The number of hydrogen-bond acceptors (Lipinski definition) is 6. The van der Waals surface area contributed by atoms with Crippen LogP contribution in [0, 0.1) is 0 Å². The third-order valence-corrected chi connectivity index (χ3v) is 4.54. The molecule has 0 aliphatic heterocycles. The highest BCUT2D eigenvalue weighted by molar-refractivity contribution is 7.89. The fraction of sp³-hybridized carbons (Fsp3) is 0.357. The number of ether oxygens (including phenoxy) is 1. The second kappa shape index (κ2) is 7.84. The number of carbonyl (C=O) groups excluding carboxylic acids is 1. The molecule has 9 heteroatoms. The Bertz CT molecular complexity index is 743. The van der Waals surface area contributed by atoms with Crippen LogP contribution in [-0.4, -0.2) is 43.0 Å². The van der Waals surface area contributed by atoms with E-state index in [0.717, 1.165) is 0 Å². The van der Waals surface area contributed by atoms with E-state index in [9.17, 15) is 13.2 Å². The van der Waals surface area contributed by atoms with Crippen LogP contribution in [0.4, 0.5) is 0 Å². The molecule has 1 heterocycles. The lowest BCUT2D eigenvalue weighted by Crippen LogP contribution is -2.25. The van der Waals surface area contributed by atoms with Crippen LogP contribution in [0.1, 0.15) is 12.1 Å². The summed E-state index contributed by atoms with van der Waals surface area (Å²) in [7, 11) is -2.18. The van der Waals surface area contributed by atoms with Gasteiger partial charge in [0.25, 0.3) is 0 Å². The molecule has 2 rings (SSSR count). The monoisotopic (exact) mass is 338 g/mol. The maximum absolute atomic E-state index is 12.0. The van der Waals surface area contributed by atoms with Crippen molar-refractivity contribution in [3.05, 3.63) is 42.2 Å². The molecule has 1 N–H and O–H groups in total. The molecule has 8 nitrogen and oxygen atoms in total. The Morgan fingerprint density at radius 1 is 1.30 bits per heavy atom. The second-order valence-electron chi connectivity index (χ2n) is 4.80. The summed E-state index contributed by atoms with van der Waals surface area (Å²) in [6.45, 7) is 0.297. The summed E-state index contributed by atoms with van der Waals surface area (Å²) < 4.78 is 32.5. The summed E-state index contributed by atoms with van der Waals surface area (Å²) in [6, 6.07) is 8.19. The summed E-state index contributed by atoms with van der Waals surface area (Å²) in [5.74, 6) is -0.405. The van der Waals surface area contributed by atoms with Gasteiger partial charge in [0.2, 0.25) is 10.0 Å². The van der Waals surface area contributed by atoms with Crippen LogP contribution in [0.25, 0.3) is 0 Å². The highest BCUT2D eigenvalue weighted by atomic mass is 32.2. The Hall–Kier alpha value is -2.26. The quantitative estimate of drug-likeness (QED) is 0.551. The van der Waals surface area contributed by atoms with E-state index in [4.69, 9.17) is 0 Å². The smallest absolute Gasteiger partial charge is 0.327 e. The predicted molar refractivity (Wildman–Crippen MR) is 82.0 cm³/mol. The van der Waals surface area contributed by atoms with E-state index in [1.807, 2.05) is 0 Å². The first kappa shape index (κ1) is 17.1. The van der Waals surface area contributed by atoms with Crippen LogP contribution in [0.5, 0.6) is 0 Å². The van der Waals surface area contributed by atoms with E-state index in [1.54, 1.807) is 36.5 Å². The van der Waals surface area contributed by atoms with Crippen LogP contribution in [-0.2, 0) is 32.5 Å². The molecule has 1 aromatic carbocycles. The van der Waals surface area contributed by atoms with Crippen LogP contribution < -0.4 is 4.72 Å². The minimum Gasteiger partial charge on any atom is -0.468 e. The summed E-state index contributed by atoms with van der Waals surface area (Å²) >= 11 is 0. The molecule has 124 valence electrons. The van der Waals surface area contributed by atoms with Gasteiger partial charge in [-0.05, 0) is 25.0 Å². The molecule has 2 aromatic rings. The number of methoxy groups -OCH3 is 1. The zero-order valence-electron chi connectivity index (χ0n) is 12.7. The van der Waals surface area contributed by atoms with Gasteiger partial charge in [-0.2, -0.15) is 0 Å². The zero-order valence-corrected chi connectivity index (χ0v) is 13.5. The molecule has 1 aromatic heterocycles. The van der Waals surface area contributed by atoms with Crippen LogP contribution in [0.2, 0.25) is 0 Å². The Labute approximate surface area is 134 Å². The average molecular weight is 338 g/mol. The fourth-order valence-electron chi connectivity index (χ4n) is 1.89. The minimum atomic E-state index is -3.48. The number of aromatic nitrogens is 3. The molecule has 0 saturated heterocycles. The minimum absolute atomic E-state index is 0.00410. The molecule has 0 aliphatic carbocycles. The maximum Gasteiger partial charge on any atom is 0.327 e. The molecular weight excluding hydrogens is 320 g/mol. The van der Waals surface area contributed by atoms with Crippen LogP contribution in [0.15, 0.2) is 41.4 Å². The first-order valence-electron chi connectivity index (χ1n) is 7.02. The lowest BCUT2D eigenvalue weighted by atomic mass is 10.2. The summed E-state index contributed by atoms with van der Waals surface area (Å²) in [5, 5.41) is 7.73. The Morgan fingerprint density at radius 2 is 2.04 bits per heavy atom. The third-order valence-electron chi connectivity index (χ3n) is 3.06. The van der Waals surface area contributed by atoms with Gasteiger partial charge in [0.05, 0.1) is 17.7 Å². The van der Waals surface area contributed by atoms with Crippen molar-refractivity contribution in [3.8, 4) is 0 Å². The van der Waals surface area contributed by atoms with Crippen molar-refractivity contribution in [2.45, 2.75) is 24.3 Å². The molecule has 0 saturated carbocycles. The molecule has 0 atom stereocenters. The first-order chi connectivity index (χ1) is 11.0. The number of hydrogen-bond donors (Lipinski definition) is 1. The zero-order chi connectivity index (χ0) is 16.7. The number of aryl methyl sites for hydroxylation is 1. The van der Waals surface area contributed by atoms with Gasteiger partial charge in [0.15, 0.2) is 0 Å². The highest BCUT2D eigenvalue weighted by Gasteiger charge is 2.12. The molecular formula is C14H18N4O4S. The SMILES string of the molecule is COC(=O)Cn1cc(CCCNS(=O)(=O)c2ccccc2)nn1. The van der Waals surface area contributed by atoms with Crippen LogP contribution in [0.3, 0.4) is 0 Å². The largest absolute Gasteiger partial charge is 0.468 e. The molecule has 0 amide bonds. The van der Waals surface area contributed by atoms with E-state index >= 15 is 0 Å². The number of esters is 1. The van der Waals surface area contributed by atoms with Crippen molar-refractivity contribution in [2.24, 2.45) is 0 Å². The third kappa shape index (κ3) is 5.15. The van der Waals surface area contributed by atoms with Gasteiger partial charge in [-0.3, -0.25) is 4.79 Å². The predicted octanol–water partition coefficient (Wildman–Crippen LogP) is 0.362. The molecule has 0 fully saturated rings. The van der Waals surface area contributed by atoms with Crippen molar-refractivity contribution in [3.63, 3.8) is 0 Å². The van der Waals surface area contributed by atoms with Crippen molar-refractivity contribution in [2.75, 3.05) is 13.7 Å². The van der Waals surface area contributed by atoms with E-state index < -0.39 is 16.0 Å². The van der Waals surface area contributed by atoms with Gasteiger partial charge in [0, 0.05) is 12.7 Å². The fourth-order valence-corrected chi connectivity index (χ4v) is 2.98. The van der Waals surface area contributed by atoms with E-state index in [2.05, 4.69) is 19.8 Å². The molecule has 23 heavy (non-hydrogen) atoms. The average Bonchev–Trinajstić information content (AvgIpc) is 2.99. The highest BCUT2D eigenvalue weighted by Crippen LogP contribution is 2.07. The number of benzene rings is 1. The van der Waals surface area contributed by atoms with Crippen molar-refractivity contribution in [1.29, 1.82) is 0 Å². The Kier molecular flexibility index (Phi) is 5.83. The van der Waals surface area contributed by atoms with Crippen molar-refractivity contribution < 1.29 is 17.9 Å². The molecule has 0 spiro atoms. The Balaban J connectivity index is 1.78.